The summed E-state index contributed by atoms with van der Waals surface area (Å²) < 4.78 is 17.3. The lowest BCUT2D eigenvalue weighted by molar-refractivity contribution is 0.111. The molecule has 0 unspecified atom stereocenters. The molecule has 0 atom stereocenters. The summed E-state index contributed by atoms with van der Waals surface area (Å²) in [6.07, 6.45) is 11.7. The fraction of sp³-hybridized carbons (Fsp3) is 0.941. The van der Waals surface area contributed by atoms with Gasteiger partial charge in [0.25, 0.3) is 0 Å². The summed E-state index contributed by atoms with van der Waals surface area (Å²) in [6.45, 7) is 8.98. The Labute approximate surface area is 138 Å². The van der Waals surface area contributed by atoms with Crippen molar-refractivity contribution < 1.29 is 13.3 Å². The Morgan fingerprint density at radius 2 is 1.23 bits per heavy atom. The molecule has 0 amide bonds. The summed E-state index contributed by atoms with van der Waals surface area (Å²) in [5, 5.41) is 7.59. The fourth-order valence-electron chi connectivity index (χ4n) is 2.62. The van der Waals surface area contributed by atoms with Crippen LogP contribution in [-0.4, -0.2) is 27.9 Å². The van der Waals surface area contributed by atoms with Gasteiger partial charge in [-0.05, 0) is 20.3 Å². The van der Waals surface area contributed by atoms with E-state index in [4.69, 9.17) is 18.7 Å². The van der Waals surface area contributed by atoms with Gasteiger partial charge in [-0.15, -0.1) is 0 Å². The zero-order chi connectivity index (χ0) is 16.7. The molecule has 0 rings (SSSR count). The summed E-state index contributed by atoms with van der Waals surface area (Å²) in [5.74, 6) is 0.199. The third kappa shape index (κ3) is 11.2. The van der Waals surface area contributed by atoms with E-state index in [1.54, 1.807) is 6.92 Å². The predicted octanol–water partition coefficient (Wildman–Crippen LogP) is 5.54. The smallest absolute Gasteiger partial charge is 0.490 e. The molecule has 0 aromatic carbocycles. The summed E-state index contributed by atoms with van der Waals surface area (Å²) in [5.41, 5.74) is 0. The molecule has 0 aliphatic heterocycles. The van der Waals surface area contributed by atoms with Crippen LogP contribution in [0.2, 0.25) is 6.04 Å². The first kappa shape index (κ1) is 21.6. The molecule has 0 radical (unpaired) electrons. The molecule has 5 heteroatoms. The molecule has 0 spiro atoms. The van der Waals surface area contributed by atoms with Crippen LogP contribution < -0.4 is 0 Å². The third-order valence-electron chi connectivity index (χ3n) is 3.62. The maximum atomic E-state index is 7.59. The minimum atomic E-state index is -2.67. The van der Waals surface area contributed by atoms with Gasteiger partial charge in [-0.1, -0.05) is 58.3 Å². The van der Waals surface area contributed by atoms with Crippen molar-refractivity contribution in [1.82, 2.24) is 0 Å². The van der Waals surface area contributed by atoms with Crippen LogP contribution in [0.5, 0.6) is 0 Å². The van der Waals surface area contributed by atoms with Crippen LogP contribution in [0.15, 0.2) is 0 Å². The standard InChI is InChI=1S/C17H37NO3Si/c1-5-8-9-10-11-12-13-14-15-16-22(19-6-2,20-7-3)21-17(4)18/h18H,5-16H2,1-4H3. The van der Waals surface area contributed by atoms with E-state index in [-0.39, 0.29) is 5.90 Å². The number of hydrogen-bond donors (Lipinski definition) is 1. The van der Waals surface area contributed by atoms with E-state index in [1.165, 1.54) is 51.4 Å². The molecule has 0 aliphatic carbocycles. The van der Waals surface area contributed by atoms with Gasteiger partial charge in [-0.2, -0.15) is 0 Å². The maximum absolute atomic E-state index is 7.59. The van der Waals surface area contributed by atoms with Crippen molar-refractivity contribution in [2.45, 2.75) is 91.5 Å². The van der Waals surface area contributed by atoms with Crippen molar-refractivity contribution in [3.8, 4) is 0 Å². The van der Waals surface area contributed by atoms with Crippen molar-refractivity contribution in [3.05, 3.63) is 0 Å². The van der Waals surface area contributed by atoms with E-state index < -0.39 is 8.80 Å². The Hall–Kier alpha value is -0.393. The summed E-state index contributed by atoms with van der Waals surface area (Å²) >= 11 is 0. The van der Waals surface area contributed by atoms with Crippen LogP contribution >= 0.6 is 0 Å². The molecule has 0 aromatic rings. The van der Waals surface area contributed by atoms with Crippen molar-refractivity contribution in [2.75, 3.05) is 13.2 Å². The van der Waals surface area contributed by atoms with Crippen molar-refractivity contribution >= 4 is 14.7 Å². The topological polar surface area (TPSA) is 51.5 Å². The Morgan fingerprint density at radius 1 is 0.773 bits per heavy atom. The first-order valence-corrected chi connectivity index (χ1v) is 11.1. The first-order chi connectivity index (χ1) is 10.6. The molecular weight excluding hydrogens is 294 g/mol. The molecule has 22 heavy (non-hydrogen) atoms. The quantitative estimate of drug-likeness (QED) is 0.185. The molecule has 0 heterocycles. The van der Waals surface area contributed by atoms with Gasteiger partial charge >= 0.3 is 8.80 Å². The van der Waals surface area contributed by atoms with E-state index in [9.17, 15) is 0 Å². The number of nitrogens with one attached hydrogen (secondary N) is 1. The Morgan fingerprint density at radius 3 is 1.64 bits per heavy atom. The second kappa shape index (κ2) is 14.2. The average Bonchev–Trinajstić information content (AvgIpc) is 2.45. The van der Waals surface area contributed by atoms with Gasteiger partial charge < -0.3 is 13.3 Å². The Kier molecular flexibility index (Phi) is 14.0. The van der Waals surface area contributed by atoms with Gasteiger partial charge in [0.15, 0.2) is 5.90 Å². The van der Waals surface area contributed by atoms with E-state index >= 15 is 0 Å². The SMILES string of the molecule is CCCCCCCCCCC[Si](OCC)(OCC)OC(C)=N. The average molecular weight is 332 g/mol. The summed E-state index contributed by atoms with van der Waals surface area (Å²) in [6, 6.07) is 0.820. The monoisotopic (exact) mass is 331 g/mol. The van der Waals surface area contributed by atoms with E-state index in [2.05, 4.69) is 6.92 Å². The third-order valence-corrected chi connectivity index (χ3v) is 6.66. The first-order valence-electron chi connectivity index (χ1n) is 9.12. The number of rotatable bonds is 15. The van der Waals surface area contributed by atoms with Crippen LogP contribution in [0.4, 0.5) is 0 Å². The number of unbranched alkanes of at least 4 members (excludes halogenated alkanes) is 8. The highest BCUT2D eigenvalue weighted by Crippen LogP contribution is 2.21. The predicted molar refractivity (Wildman–Crippen MR) is 95.5 cm³/mol. The molecule has 0 saturated carbocycles. The maximum Gasteiger partial charge on any atom is 0.566 e. The molecule has 0 bridgehead atoms. The second-order valence-corrected chi connectivity index (χ2v) is 8.43. The summed E-state index contributed by atoms with van der Waals surface area (Å²) in [4.78, 5) is 0. The zero-order valence-corrected chi connectivity index (χ0v) is 16.2. The molecule has 0 fully saturated rings. The molecule has 132 valence electrons. The molecule has 0 aromatic heterocycles. The van der Waals surface area contributed by atoms with Crippen molar-refractivity contribution in [1.29, 1.82) is 5.41 Å². The minimum absolute atomic E-state index is 0.199. The highest BCUT2D eigenvalue weighted by atomic mass is 28.4. The van der Waals surface area contributed by atoms with E-state index in [0.29, 0.717) is 13.2 Å². The molecule has 0 aliphatic rings. The number of hydrogen-bond acceptors (Lipinski definition) is 4. The summed E-state index contributed by atoms with van der Waals surface area (Å²) in [7, 11) is -2.67. The highest BCUT2D eigenvalue weighted by molar-refractivity contribution is 6.62. The lowest BCUT2D eigenvalue weighted by Crippen LogP contribution is -2.47. The van der Waals surface area contributed by atoms with Gasteiger partial charge in [-0.25, -0.2) is 0 Å². The van der Waals surface area contributed by atoms with Gasteiger partial charge in [0.2, 0.25) is 0 Å². The van der Waals surface area contributed by atoms with Gasteiger partial charge in [0.1, 0.15) is 0 Å². The molecule has 0 saturated heterocycles. The normalized spacial score (nSPS) is 11.6. The minimum Gasteiger partial charge on any atom is -0.490 e. The van der Waals surface area contributed by atoms with Crippen LogP contribution in [0.25, 0.3) is 0 Å². The van der Waals surface area contributed by atoms with Crippen LogP contribution in [-0.2, 0) is 13.3 Å². The molecule has 4 nitrogen and oxygen atoms in total. The Balaban J connectivity index is 3.94. The zero-order valence-electron chi connectivity index (χ0n) is 15.2. The van der Waals surface area contributed by atoms with E-state index in [0.717, 1.165) is 12.5 Å². The van der Waals surface area contributed by atoms with Crippen molar-refractivity contribution in [3.63, 3.8) is 0 Å². The second-order valence-electron chi connectivity index (χ2n) is 5.79. The Bertz CT molecular complexity index is 269. The highest BCUT2D eigenvalue weighted by Gasteiger charge is 2.42. The van der Waals surface area contributed by atoms with Crippen LogP contribution in [0.3, 0.4) is 0 Å². The lowest BCUT2D eigenvalue weighted by atomic mass is 10.1. The van der Waals surface area contributed by atoms with Gasteiger partial charge in [0.05, 0.1) is 0 Å². The largest absolute Gasteiger partial charge is 0.566 e. The lowest BCUT2D eigenvalue weighted by Gasteiger charge is -2.28. The fourth-order valence-corrected chi connectivity index (χ4v) is 5.24. The van der Waals surface area contributed by atoms with Gasteiger partial charge in [-0.3, -0.25) is 5.41 Å². The molecule has 1 N–H and O–H groups in total. The van der Waals surface area contributed by atoms with E-state index in [1.807, 2.05) is 13.8 Å². The van der Waals surface area contributed by atoms with Crippen LogP contribution in [0, 0.1) is 5.41 Å². The van der Waals surface area contributed by atoms with Gasteiger partial charge in [0, 0.05) is 26.2 Å². The van der Waals surface area contributed by atoms with Crippen molar-refractivity contribution in [2.24, 2.45) is 0 Å². The molecular formula is C17H37NO3Si. The van der Waals surface area contributed by atoms with Crippen LogP contribution in [0.1, 0.15) is 85.5 Å².